The van der Waals surface area contributed by atoms with Gasteiger partial charge in [-0.25, -0.2) is 0 Å². The third-order valence-electron chi connectivity index (χ3n) is 2.78. The summed E-state index contributed by atoms with van der Waals surface area (Å²) in [5.41, 5.74) is 8.19. The van der Waals surface area contributed by atoms with E-state index in [0.29, 0.717) is 5.15 Å². The van der Waals surface area contributed by atoms with Crippen molar-refractivity contribution in [2.45, 2.75) is 25.8 Å². The number of aryl methyl sites for hydroxylation is 2. The van der Waals surface area contributed by atoms with Gasteiger partial charge in [0, 0.05) is 23.5 Å². The number of aromatic nitrogens is 2. The summed E-state index contributed by atoms with van der Waals surface area (Å²) >= 11 is 7.93. The first-order chi connectivity index (χ1) is 8.08. The molecule has 2 rings (SSSR count). The van der Waals surface area contributed by atoms with Gasteiger partial charge in [-0.05, 0) is 31.2 Å². The van der Waals surface area contributed by atoms with Crippen molar-refractivity contribution in [3.05, 3.63) is 38.8 Å². The van der Waals surface area contributed by atoms with Gasteiger partial charge in [-0.3, -0.25) is 4.68 Å². The molecular formula is C12H16ClN3S. The van der Waals surface area contributed by atoms with Crippen LogP contribution in [0.25, 0.3) is 0 Å². The zero-order valence-corrected chi connectivity index (χ0v) is 11.6. The second-order valence-corrected chi connectivity index (χ2v) is 5.62. The van der Waals surface area contributed by atoms with Crippen LogP contribution < -0.4 is 5.73 Å². The van der Waals surface area contributed by atoms with Crippen LogP contribution in [0.15, 0.2) is 17.5 Å². The topological polar surface area (TPSA) is 43.8 Å². The molecule has 0 aliphatic carbocycles. The van der Waals surface area contributed by atoms with Crippen molar-refractivity contribution in [1.29, 1.82) is 0 Å². The summed E-state index contributed by atoms with van der Waals surface area (Å²) in [6.45, 7) is 1.97. The fraction of sp³-hybridized carbons (Fsp3) is 0.417. The van der Waals surface area contributed by atoms with Gasteiger partial charge >= 0.3 is 0 Å². The molecule has 0 aliphatic heterocycles. The first kappa shape index (κ1) is 12.6. The van der Waals surface area contributed by atoms with Crippen LogP contribution in [0.5, 0.6) is 0 Å². The van der Waals surface area contributed by atoms with Crippen molar-refractivity contribution in [3.63, 3.8) is 0 Å². The van der Waals surface area contributed by atoms with Crippen LogP contribution in [0.2, 0.25) is 5.15 Å². The fourth-order valence-corrected chi connectivity index (χ4v) is 2.98. The van der Waals surface area contributed by atoms with E-state index in [1.807, 2.05) is 14.0 Å². The Bertz CT molecular complexity index is 490. The molecule has 0 bridgehead atoms. The highest BCUT2D eigenvalue weighted by molar-refractivity contribution is 7.09. The lowest BCUT2D eigenvalue weighted by Gasteiger charge is -2.10. The second-order valence-electron chi connectivity index (χ2n) is 4.23. The predicted octanol–water partition coefficient (Wildman–Crippen LogP) is 2.56. The molecule has 0 saturated heterocycles. The van der Waals surface area contributed by atoms with Gasteiger partial charge in [0.25, 0.3) is 0 Å². The molecule has 2 aromatic heterocycles. The number of halogens is 1. The first-order valence-electron chi connectivity index (χ1n) is 5.54. The summed E-state index contributed by atoms with van der Waals surface area (Å²) in [5.74, 6) is 0. The second kappa shape index (κ2) is 5.21. The lowest BCUT2D eigenvalue weighted by molar-refractivity contribution is 0.668. The Hall–Kier alpha value is -0.840. The minimum atomic E-state index is 0.0917. The third kappa shape index (κ3) is 2.89. The SMILES string of the molecule is Cc1nn(C)c(Cl)c1CC(N)Cc1cccs1. The highest BCUT2D eigenvalue weighted by Gasteiger charge is 2.15. The van der Waals surface area contributed by atoms with Gasteiger partial charge in [-0.2, -0.15) is 5.10 Å². The summed E-state index contributed by atoms with van der Waals surface area (Å²) in [6.07, 6.45) is 1.67. The molecule has 2 N–H and O–H groups in total. The molecule has 0 spiro atoms. The molecule has 5 heteroatoms. The van der Waals surface area contributed by atoms with E-state index in [-0.39, 0.29) is 6.04 Å². The molecule has 0 aliphatic rings. The number of hydrogen-bond acceptors (Lipinski definition) is 3. The zero-order chi connectivity index (χ0) is 12.4. The average molecular weight is 270 g/mol. The molecule has 0 aromatic carbocycles. The predicted molar refractivity (Wildman–Crippen MR) is 72.7 cm³/mol. The Morgan fingerprint density at radius 1 is 1.53 bits per heavy atom. The molecule has 0 fully saturated rings. The van der Waals surface area contributed by atoms with Gasteiger partial charge in [0.2, 0.25) is 0 Å². The highest BCUT2D eigenvalue weighted by atomic mass is 35.5. The third-order valence-corrected chi connectivity index (χ3v) is 4.15. The normalized spacial score (nSPS) is 12.9. The number of nitrogens with zero attached hydrogens (tertiary/aromatic N) is 2. The standard InChI is InChI=1S/C12H16ClN3S/c1-8-11(12(13)16(2)15-8)7-9(14)6-10-4-3-5-17-10/h3-5,9H,6-7,14H2,1-2H3. The lowest BCUT2D eigenvalue weighted by atomic mass is 10.0. The minimum absolute atomic E-state index is 0.0917. The molecule has 0 amide bonds. The molecule has 0 radical (unpaired) electrons. The van der Waals surface area contributed by atoms with Crippen LogP contribution >= 0.6 is 22.9 Å². The molecule has 0 saturated carbocycles. The van der Waals surface area contributed by atoms with Gasteiger partial charge in [-0.15, -0.1) is 11.3 Å². The van der Waals surface area contributed by atoms with Gasteiger partial charge in [-0.1, -0.05) is 17.7 Å². The van der Waals surface area contributed by atoms with Gasteiger partial charge in [0.1, 0.15) is 5.15 Å². The van der Waals surface area contributed by atoms with Crippen LogP contribution in [0.1, 0.15) is 16.1 Å². The molecule has 3 nitrogen and oxygen atoms in total. The monoisotopic (exact) mass is 269 g/mol. The van der Waals surface area contributed by atoms with Crippen LogP contribution in [-0.4, -0.2) is 15.8 Å². The van der Waals surface area contributed by atoms with E-state index in [0.717, 1.165) is 24.1 Å². The Kier molecular flexibility index (Phi) is 3.86. The molecular weight excluding hydrogens is 254 g/mol. The largest absolute Gasteiger partial charge is 0.327 e. The Morgan fingerprint density at radius 2 is 2.29 bits per heavy atom. The van der Waals surface area contributed by atoms with E-state index in [9.17, 15) is 0 Å². The van der Waals surface area contributed by atoms with E-state index in [1.165, 1.54) is 4.88 Å². The Balaban J connectivity index is 2.05. The van der Waals surface area contributed by atoms with Crippen LogP contribution in [0, 0.1) is 6.92 Å². The average Bonchev–Trinajstić information content (AvgIpc) is 2.83. The fourth-order valence-electron chi connectivity index (χ4n) is 1.93. The molecule has 2 heterocycles. The minimum Gasteiger partial charge on any atom is -0.327 e. The van der Waals surface area contributed by atoms with Crippen molar-refractivity contribution in [3.8, 4) is 0 Å². The summed E-state index contributed by atoms with van der Waals surface area (Å²) in [7, 11) is 1.85. The van der Waals surface area contributed by atoms with Crippen molar-refractivity contribution in [2.24, 2.45) is 12.8 Å². The Morgan fingerprint density at radius 3 is 2.82 bits per heavy atom. The smallest absolute Gasteiger partial charge is 0.130 e. The first-order valence-corrected chi connectivity index (χ1v) is 6.79. The molecule has 1 unspecified atom stereocenters. The summed E-state index contributed by atoms with van der Waals surface area (Å²) in [4.78, 5) is 1.31. The Labute approximate surface area is 110 Å². The summed E-state index contributed by atoms with van der Waals surface area (Å²) < 4.78 is 1.70. The lowest BCUT2D eigenvalue weighted by Crippen LogP contribution is -2.25. The van der Waals surface area contributed by atoms with E-state index in [4.69, 9.17) is 17.3 Å². The van der Waals surface area contributed by atoms with Crippen LogP contribution in [0.4, 0.5) is 0 Å². The van der Waals surface area contributed by atoms with Crippen LogP contribution in [-0.2, 0) is 19.9 Å². The van der Waals surface area contributed by atoms with Crippen molar-refractivity contribution >= 4 is 22.9 Å². The van der Waals surface area contributed by atoms with Gasteiger partial charge in [0.15, 0.2) is 0 Å². The van der Waals surface area contributed by atoms with Gasteiger partial charge < -0.3 is 5.73 Å². The maximum Gasteiger partial charge on any atom is 0.130 e. The number of nitrogens with two attached hydrogens (primary N) is 1. The van der Waals surface area contributed by atoms with E-state index in [1.54, 1.807) is 16.0 Å². The molecule has 2 aromatic rings. The quantitative estimate of drug-likeness (QED) is 0.927. The van der Waals surface area contributed by atoms with Crippen molar-refractivity contribution < 1.29 is 0 Å². The maximum atomic E-state index is 6.19. The van der Waals surface area contributed by atoms with E-state index in [2.05, 4.69) is 22.6 Å². The number of thiophene rings is 1. The zero-order valence-electron chi connectivity index (χ0n) is 9.98. The van der Waals surface area contributed by atoms with Crippen molar-refractivity contribution in [1.82, 2.24) is 9.78 Å². The maximum absolute atomic E-state index is 6.19. The number of hydrogen-bond donors (Lipinski definition) is 1. The molecule has 17 heavy (non-hydrogen) atoms. The molecule has 92 valence electrons. The number of rotatable bonds is 4. The van der Waals surface area contributed by atoms with E-state index >= 15 is 0 Å². The van der Waals surface area contributed by atoms with Crippen molar-refractivity contribution in [2.75, 3.05) is 0 Å². The summed E-state index contributed by atoms with van der Waals surface area (Å²) in [6, 6.07) is 4.26. The summed E-state index contributed by atoms with van der Waals surface area (Å²) in [5, 5.41) is 7.06. The highest BCUT2D eigenvalue weighted by Crippen LogP contribution is 2.21. The van der Waals surface area contributed by atoms with Gasteiger partial charge in [0.05, 0.1) is 5.69 Å². The van der Waals surface area contributed by atoms with E-state index < -0.39 is 0 Å². The molecule has 1 atom stereocenters. The van der Waals surface area contributed by atoms with Crippen LogP contribution in [0.3, 0.4) is 0 Å².